The lowest BCUT2D eigenvalue weighted by molar-refractivity contribution is -0.584. The van der Waals surface area contributed by atoms with Gasteiger partial charge in [0.15, 0.2) is 6.20 Å². The third-order valence-electron chi connectivity index (χ3n) is 6.05. The van der Waals surface area contributed by atoms with E-state index in [1.54, 1.807) is 12.7 Å². The number of benzene rings is 2. The fraction of sp³-hybridized carbons (Fsp3) is 0.296. The number of hydrogen-bond donors (Lipinski definition) is 0. The number of nitrogens with zero attached hydrogens (tertiary/aromatic N) is 5. The van der Waals surface area contributed by atoms with Crippen molar-refractivity contribution in [2.45, 2.75) is 46.5 Å². The van der Waals surface area contributed by atoms with E-state index in [1.165, 1.54) is 27.9 Å². The molecule has 162 valence electrons. The quantitative estimate of drug-likeness (QED) is 0.331. The maximum Gasteiger partial charge on any atom is 0.295 e. The molecule has 0 radical (unpaired) electrons. The zero-order chi connectivity index (χ0) is 23.0. The molecule has 2 aromatic carbocycles. The van der Waals surface area contributed by atoms with Crippen molar-refractivity contribution in [3.8, 4) is 35.1 Å². The van der Waals surface area contributed by atoms with E-state index in [0.717, 1.165) is 17.2 Å². The molecule has 32 heavy (non-hydrogen) atoms. The average molecular weight is 425 g/mol. The van der Waals surface area contributed by atoms with Gasteiger partial charge in [-0.1, -0.05) is 45.9 Å². The monoisotopic (exact) mass is 424 g/mol. The maximum atomic E-state index is 5.91. The Morgan fingerprint density at radius 3 is 2.09 bits per heavy atom. The number of terminal acetylenes is 1. The number of imidazole rings is 1. The van der Waals surface area contributed by atoms with Gasteiger partial charge < -0.3 is 0 Å². The van der Waals surface area contributed by atoms with Gasteiger partial charge in [0.25, 0.3) is 5.82 Å². The molecule has 2 heterocycles. The molecule has 0 spiro atoms. The van der Waals surface area contributed by atoms with Crippen LogP contribution in [-0.2, 0) is 7.05 Å². The fourth-order valence-electron chi connectivity index (χ4n) is 4.29. The lowest BCUT2D eigenvalue weighted by Gasteiger charge is -2.20. The molecule has 0 unspecified atom stereocenters. The highest BCUT2D eigenvalue weighted by Crippen LogP contribution is 2.33. The van der Waals surface area contributed by atoms with E-state index < -0.39 is 0 Å². The topological polar surface area (TPSA) is 39.5 Å². The van der Waals surface area contributed by atoms with Crippen LogP contribution in [0.1, 0.15) is 61.9 Å². The largest absolute Gasteiger partial charge is 0.295 e. The number of aromatic nitrogens is 5. The van der Waals surface area contributed by atoms with Gasteiger partial charge in [-0.3, -0.25) is 4.57 Å². The highest BCUT2D eigenvalue weighted by molar-refractivity contribution is 5.61. The van der Waals surface area contributed by atoms with Crippen molar-refractivity contribution in [1.29, 1.82) is 0 Å². The normalized spacial score (nSPS) is 11.3. The molecule has 0 aliphatic rings. The smallest absolute Gasteiger partial charge is 0.288 e. The van der Waals surface area contributed by atoms with Crippen molar-refractivity contribution in [1.82, 2.24) is 19.3 Å². The molecule has 5 heteroatoms. The molecule has 0 fully saturated rings. The van der Waals surface area contributed by atoms with Crippen LogP contribution in [0.2, 0.25) is 0 Å². The molecule has 2 aromatic heterocycles. The summed E-state index contributed by atoms with van der Waals surface area (Å²) in [5, 5.41) is 8.00. The van der Waals surface area contributed by atoms with Crippen LogP contribution >= 0.6 is 0 Å². The van der Waals surface area contributed by atoms with Gasteiger partial charge >= 0.3 is 0 Å². The summed E-state index contributed by atoms with van der Waals surface area (Å²) < 4.78 is 6.37. The van der Waals surface area contributed by atoms with Gasteiger partial charge in [0.1, 0.15) is 18.3 Å². The van der Waals surface area contributed by atoms with Crippen molar-refractivity contribution < 1.29 is 4.57 Å². The molecule has 0 saturated carbocycles. The van der Waals surface area contributed by atoms with Crippen LogP contribution in [0.15, 0.2) is 55.2 Å². The number of rotatable bonds is 5. The zero-order valence-electron chi connectivity index (χ0n) is 19.7. The highest BCUT2D eigenvalue weighted by Gasteiger charge is 2.29. The van der Waals surface area contributed by atoms with Gasteiger partial charge in [0, 0.05) is 16.8 Å². The molecular formula is C27H30N5+. The minimum absolute atomic E-state index is 0.311. The Kier molecular flexibility index (Phi) is 5.71. The molecule has 4 aromatic rings. The summed E-state index contributed by atoms with van der Waals surface area (Å²) >= 11 is 0. The first-order valence-corrected chi connectivity index (χ1v) is 11.0. The van der Waals surface area contributed by atoms with Crippen molar-refractivity contribution in [3.63, 3.8) is 0 Å². The summed E-state index contributed by atoms with van der Waals surface area (Å²) in [6.45, 7) is 11.1. The van der Waals surface area contributed by atoms with Crippen LogP contribution in [0.4, 0.5) is 0 Å². The fourth-order valence-corrected chi connectivity index (χ4v) is 4.29. The van der Waals surface area contributed by atoms with E-state index in [9.17, 15) is 0 Å². The second-order valence-electron chi connectivity index (χ2n) is 8.88. The van der Waals surface area contributed by atoms with Gasteiger partial charge in [0.05, 0.1) is 12.6 Å². The van der Waals surface area contributed by atoms with Gasteiger partial charge in [0.2, 0.25) is 5.69 Å². The minimum Gasteiger partial charge on any atom is -0.288 e. The summed E-state index contributed by atoms with van der Waals surface area (Å²) in [4.78, 5) is 0. The van der Waals surface area contributed by atoms with Gasteiger partial charge in [-0.05, 0) is 48.4 Å². The van der Waals surface area contributed by atoms with Gasteiger partial charge in [-0.15, -0.1) is 16.6 Å². The second kappa shape index (κ2) is 8.47. The van der Waals surface area contributed by atoms with Crippen molar-refractivity contribution in [2.24, 2.45) is 7.05 Å². The van der Waals surface area contributed by atoms with Crippen molar-refractivity contribution in [3.05, 3.63) is 77.6 Å². The molecule has 5 nitrogen and oxygen atoms in total. The standard InChI is InChI=1S/C27H30N5/c1-8-21-15-32(27(30(21)7)23-12-10-9-11-20(23)6)26-24(18(2)3)13-22(14-25(26)19(4)5)31-16-28-29-17-31/h1,9-19H,2-7H3/q+1. The summed E-state index contributed by atoms with van der Waals surface area (Å²) in [5.74, 6) is 4.57. The second-order valence-corrected chi connectivity index (χ2v) is 8.88. The molecule has 4 rings (SSSR count). The van der Waals surface area contributed by atoms with Crippen LogP contribution in [0.25, 0.3) is 22.8 Å². The van der Waals surface area contributed by atoms with Crippen LogP contribution in [0.5, 0.6) is 0 Å². The van der Waals surface area contributed by atoms with Crippen LogP contribution < -0.4 is 4.57 Å². The SMILES string of the molecule is C#Cc1c[n+](-c2c(C(C)C)cc(-n3cnnc3)cc2C(C)C)c(-c2ccccc2C)n1C. The van der Waals surface area contributed by atoms with E-state index in [0.29, 0.717) is 11.8 Å². The van der Waals surface area contributed by atoms with Crippen LogP contribution in [-0.4, -0.2) is 19.3 Å². The molecule has 0 aliphatic heterocycles. The molecular weight excluding hydrogens is 394 g/mol. The van der Waals surface area contributed by atoms with Crippen molar-refractivity contribution in [2.75, 3.05) is 0 Å². The maximum absolute atomic E-state index is 5.91. The predicted molar refractivity (Wildman–Crippen MR) is 128 cm³/mol. The van der Waals surface area contributed by atoms with Crippen LogP contribution in [0.3, 0.4) is 0 Å². The first-order chi connectivity index (χ1) is 15.3. The lowest BCUT2D eigenvalue weighted by Crippen LogP contribution is -2.35. The molecule has 0 bridgehead atoms. The number of hydrogen-bond acceptors (Lipinski definition) is 2. The van der Waals surface area contributed by atoms with Crippen LogP contribution in [0, 0.1) is 19.3 Å². The third kappa shape index (κ3) is 3.62. The molecule has 0 saturated heterocycles. The highest BCUT2D eigenvalue weighted by atomic mass is 15.2. The van der Waals surface area contributed by atoms with Gasteiger partial charge in [-0.25, -0.2) is 4.57 Å². The Hall–Kier alpha value is -3.65. The minimum atomic E-state index is 0.311. The first-order valence-electron chi connectivity index (χ1n) is 11.0. The Morgan fingerprint density at radius 1 is 0.969 bits per heavy atom. The molecule has 0 atom stereocenters. The zero-order valence-corrected chi connectivity index (χ0v) is 19.7. The van der Waals surface area contributed by atoms with E-state index in [4.69, 9.17) is 6.42 Å². The lowest BCUT2D eigenvalue weighted by atomic mass is 9.91. The summed E-state index contributed by atoms with van der Waals surface area (Å²) in [5.41, 5.74) is 8.01. The summed E-state index contributed by atoms with van der Waals surface area (Å²) in [6.07, 6.45) is 11.5. The Morgan fingerprint density at radius 2 is 1.56 bits per heavy atom. The van der Waals surface area contributed by atoms with E-state index in [1.807, 2.05) is 11.6 Å². The van der Waals surface area contributed by atoms with E-state index in [2.05, 4.69) is 102 Å². The van der Waals surface area contributed by atoms with Crippen molar-refractivity contribution >= 4 is 0 Å². The average Bonchev–Trinajstić information content (AvgIpc) is 3.41. The Bertz CT molecular complexity index is 1270. The summed E-state index contributed by atoms with van der Waals surface area (Å²) in [6, 6.07) is 12.9. The summed E-state index contributed by atoms with van der Waals surface area (Å²) in [7, 11) is 2.04. The van der Waals surface area contributed by atoms with E-state index in [-0.39, 0.29) is 0 Å². The molecule has 0 aliphatic carbocycles. The Balaban J connectivity index is 2.11. The van der Waals surface area contributed by atoms with Gasteiger partial charge in [-0.2, -0.15) is 4.57 Å². The molecule has 0 N–H and O–H groups in total. The third-order valence-corrected chi connectivity index (χ3v) is 6.05. The number of aryl methyl sites for hydroxylation is 1. The molecule has 0 amide bonds. The van der Waals surface area contributed by atoms with E-state index >= 15 is 0 Å². The Labute approximate surface area is 190 Å². The predicted octanol–water partition coefficient (Wildman–Crippen LogP) is 5.09. The first kappa shape index (κ1) is 21.6.